The Kier molecular flexibility index (Phi) is 8.14. The van der Waals surface area contributed by atoms with Crippen molar-refractivity contribution in [2.24, 2.45) is 0 Å². The zero-order valence-electron chi connectivity index (χ0n) is 23.0. The Bertz CT molecular complexity index is 1440. The number of nitrogens with one attached hydrogen (secondary N) is 1. The largest absolute Gasteiger partial charge is 0.383 e. The van der Waals surface area contributed by atoms with Crippen molar-refractivity contribution in [3.05, 3.63) is 107 Å². The van der Waals surface area contributed by atoms with Crippen LogP contribution in [0.1, 0.15) is 28.2 Å². The van der Waals surface area contributed by atoms with Gasteiger partial charge in [0.05, 0.1) is 12.3 Å². The Hall–Kier alpha value is -3.65. The maximum Gasteiger partial charge on any atom is 0.227 e. The zero-order valence-corrected chi connectivity index (χ0v) is 23.0. The minimum absolute atomic E-state index is 0.0561. The summed E-state index contributed by atoms with van der Waals surface area (Å²) >= 11 is 0. The van der Waals surface area contributed by atoms with Crippen LogP contribution in [0.15, 0.2) is 79.0 Å². The summed E-state index contributed by atoms with van der Waals surface area (Å²) in [6, 6.07) is 23.8. The van der Waals surface area contributed by atoms with Gasteiger partial charge in [-0.2, -0.15) is 0 Å². The Balaban J connectivity index is 1.10. The molecule has 7 heteroatoms. The Morgan fingerprint density at radius 2 is 1.57 bits per heavy atom. The van der Waals surface area contributed by atoms with E-state index in [0.29, 0.717) is 17.9 Å². The second-order valence-electron chi connectivity index (χ2n) is 10.7. The average Bonchev–Trinajstić information content (AvgIpc) is 3.00. The number of rotatable bonds is 9. The van der Waals surface area contributed by atoms with Gasteiger partial charge in [-0.3, -0.25) is 4.90 Å². The maximum atomic E-state index is 14.7. The number of benzene rings is 3. The molecule has 40 heavy (non-hydrogen) atoms. The third-order valence-electron chi connectivity index (χ3n) is 8.16. The van der Waals surface area contributed by atoms with Gasteiger partial charge in [-0.25, -0.2) is 14.4 Å². The Morgan fingerprint density at radius 1 is 0.875 bits per heavy atom. The fourth-order valence-electron chi connectivity index (χ4n) is 5.86. The van der Waals surface area contributed by atoms with Crippen molar-refractivity contribution in [3.63, 3.8) is 0 Å². The number of ether oxygens (including phenoxy) is 1. The van der Waals surface area contributed by atoms with E-state index in [1.54, 1.807) is 13.2 Å². The lowest BCUT2D eigenvalue weighted by atomic mass is 9.78. The molecule has 0 saturated carbocycles. The first-order valence-electron chi connectivity index (χ1n) is 14.2. The van der Waals surface area contributed by atoms with E-state index < -0.39 is 0 Å². The summed E-state index contributed by atoms with van der Waals surface area (Å²) in [5, 5.41) is 3.38. The highest BCUT2D eigenvalue weighted by atomic mass is 19.1. The summed E-state index contributed by atoms with van der Waals surface area (Å²) in [7, 11) is 1.77. The number of halogens is 1. The third kappa shape index (κ3) is 5.92. The molecule has 1 aromatic heterocycles. The summed E-state index contributed by atoms with van der Waals surface area (Å²) in [5.41, 5.74) is 7.10. The number of aromatic nitrogens is 2. The number of piperazine rings is 1. The highest BCUT2D eigenvalue weighted by molar-refractivity contribution is 5.73. The van der Waals surface area contributed by atoms with Crippen LogP contribution >= 0.6 is 0 Å². The Morgan fingerprint density at radius 3 is 2.33 bits per heavy atom. The minimum atomic E-state index is -0.172. The number of hydrogen-bond acceptors (Lipinski definition) is 6. The first-order chi connectivity index (χ1) is 19.7. The summed E-state index contributed by atoms with van der Waals surface area (Å²) in [5.74, 6) is 0.338. The van der Waals surface area contributed by atoms with E-state index >= 15 is 0 Å². The van der Waals surface area contributed by atoms with Crippen molar-refractivity contribution in [2.45, 2.75) is 18.8 Å². The maximum absolute atomic E-state index is 14.7. The summed E-state index contributed by atoms with van der Waals surface area (Å²) in [4.78, 5) is 14.6. The molecule has 1 saturated heterocycles. The van der Waals surface area contributed by atoms with Crippen LogP contribution in [0.5, 0.6) is 0 Å². The van der Waals surface area contributed by atoms with Crippen LogP contribution in [0, 0.1) is 5.82 Å². The molecule has 0 spiro atoms. The van der Waals surface area contributed by atoms with Gasteiger partial charge < -0.3 is 15.0 Å². The predicted molar refractivity (Wildman–Crippen MR) is 158 cm³/mol. The molecule has 0 amide bonds. The van der Waals surface area contributed by atoms with Crippen LogP contribution in [-0.4, -0.2) is 72.8 Å². The van der Waals surface area contributed by atoms with Crippen molar-refractivity contribution in [1.82, 2.24) is 19.8 Å². The standard InChI is InChI=1S/C33H36FN5O/c1-40-21-20-39-18-16-38(17-19-39)15-14-24-10-12-26(13-11-24)36-33-35-23-25-22-30(28-7-4-5-9-31(28)34)27-6-2-3-8-29(27)32(25)37-33/h2-13,23,30H,14-22H2,1H3,(H,35,36,37). The predicted octanol–water partition coefficient (Wildman–Crippen LogP) is 5.52. The smallest absolute Gasteiger partial charge is 0.227 e. The average molecular weight is 538 g/mol. The fraction of sp³-hybridized carbons (Fsp3) is 0.333. The van der Waals surface area contributed by atoms with Crippen LogP contribution in [0.2, 0.25) is 0 Å². The van der Waals surface area contributed by atoms with E-state index in [1.807, 2.05) is 30.5 Å². The van der Waals surface area contributed by atoms with Crippen LogP contribution in [-0.2, 0) is 17.6 Å². The van der Waals surface area contributed by atoms with Gasteiger partial charge in [0.2, 0.25) is 5.95 Å². The summed E-state index contributed by atoms with van der Waals surface area (Å²) < 4.78 is 19.9. The molecule has 2 aliphatic rings. The molecule has 0 bridgehead atoms. The van der Waals surface area contributed by atoms with E-state index in [2.05, 4.69) is 56.5 Å². The van der Waals surface area contributed by atoms with E-state index in [1.165, 1.54) is 11.6 Å². The molecule has 6 rings (SSSR count). The van der Waals surface area contributed by atoms with E-state index in [9.17, 15) is 4.39 Å². The second-order valence-corrected chi connectivity index (χ2v) is 10.7. The summed E-state index contributed by atoms with van der Waals surface area (Å²) in [6.07, 6.45) is 3.59. The number of fused-ring (bicyclic) bond motifs is 3. The highest BCUT2D eigenvalue weighted by Crippen LogP contribution is 2.42. The molecular weight excluding hydrogens is 501 g/mol. The van der Waals surface area contributed by atoms with Gasteiger partial charge >= 0.3 is 0 Å². The number of anilines is 2. The van der Waals surface area contributed by atoms with Crippen molar-refractivity contribution in [3.8, 4) is 11.3 Å². The lowest BCUT2D eigenvalue weighted by Gasteiger charge is -2.34. The van der Waals surface area contributed by atoms with Gasteiger partial charge in [-0.05, 0) is 53.3 Å². The highest BCUT2D eigenvalue weighted by Gasteiger charge is 2.29. The van der Waals surface area contributed by atoms with Gasteiger partial charge in [0, 0.05) is 69.7 Å². The van der Waals surface area contributed by atoms with E-state index in [-0.39, 0.29) is 11.7 Å². The summed E-state index contributed by atoms with van der Waals surface area (Å²) in [6.45, 7) is 7.36. The first-order valence-corrected chi connectivity index (χ1v) is 14.2. The SMILES string of the molecule is COCCN1CCN(CCc2ccc(Nc3ncc4c(n3)-c3ccccc3C(c3ccccc3F)C4)cc2)CC1. The molecular formula is C33H36FN5O. The van der Waals surface area contributed by atoms with E-state index in [0.717, 1.165) is 80.4 Å². The molecule has 2 heterocycles. The lowest BCUT2D eigenvalue weighted by Crippen LogP contribution is -2.47. The van der Waals surface area contributed by atoms with Crippen LogP contribution in [0.25, 0.3) is 11.3 Å². The molecule has 1 aliphatic carbocycles. The molecule has 6 nitrogen and oxygen atoms in total. The van der Waals surface area contributed by atoms with Crippen molar-refractivity contribution < 1.29 is 9.13 Å². The number of nitrogens with zero attached hydrogens (tertiary/aromatic N) is 4. The van der Waals surface area contributed by atoms with Crippen LogP contribution in [0.4, 0.5) is 16.0 Å². The number of methoxy groups -OCH3 is 1. The van der Waals surface area contributed by atoms with E-state index in [4.69, 9.17) is 9.72 Å². The molecule has 1 aliphatic heterocycles. The van der Waals surface area contributed by atoms with Gasteiger partial charge in [0.15, 0.2) is 0 Å². The number of hydrogen-bond donors (Lipinski definition) is 1. The quantitative estimate of drug-likeness (QED) is 0.303. The minimum Gasteiger partial charge on any atom is -0.383 e. The normalized spacial score (nSPS) is 17.3. The van der Waals surface area contributed by atoms with Crippen molar-refractivity contribution in [1.29, 1.82) is 0 Å². The molecule has 1 unspecified atom stereocenters. The Labute approximate surface area is 235 Å². The first kappa shape index (κ1) is 26.6. The van der Waals surface area contributed by atoms with Gasteiger partial charge in [0.1, 0.15) is 5.82 Å². The fourth-order valence-corrected chi connectivity index (χ4v) is 5.86. The molecule has 206 valence electrons. The molecule has 1 N–H and O–H groups in total. The molecule has 1 atom stereocenters. The van der Waals surface area contributed by atoms with Crippen LogP contribution < -0.4 is 5.32 Å². The second kappa shape index (κ2) is 12.3. The lowest BCUT2D eigenvalue weighted by molar-refractivity contribution is 0.0976. The topological polar surface area (TPSA) is 53.5 Å². The third-order valence-corrected chi connectivity index (χ3v) is 8.16. The molecule has 1 fully saturated rings. The van der Waals surface area contributed by atoms with Crippen molar-refractivity contribution >= 4 is 11.6 Å². The van der Waals surface area contributed by atoms with Crippen molar-refractivity contribution in [2.75, 3.05) is 58.3 Å². The molecule has 0 radical (unpaired) electrons. The molecule has 4 aromatic rings. The zero-order chi connectivity index (χ0) is 27.3. The van der Waals surface area contributed by atoms with Gasteiger partial charge in [-0.15, -0.1) is 0 Å². The monoisotopic (exact) mass is 537 g/mol. The van der Waals surface area contributed by atoms with Gasteiger partial charge in [-0.1, -0.05) is 54.6 Å². The van der Waals surface area contributed by atoms with Gasteiger partial charge in [0.25, 0.3) is 0 Å². The van der Waals surface area contributed by atoms with Crippen LogP contribution in [0.3, 0.4) is 0 Å². The molecule has 3 aromatic carbocycles.